The summed E-state index contributed by atoms with van der Waals surface area (Å²) in [6, 6.07) is 7.75. The minimum absolute atomic E-state index is 0. The molecule has 0 aromatic carbocycles. The first-order chi connectivity index (χ1) is 20.8. The summed E-state index contributed by atoms with van der Waals surface area (Å²) in [6.45, 7) is 12.0. The van der Waals surface area contributed by atoms with Gasteiger partial charge in [0.25, 0.3) is 0 Å². The van der Waals surface area contributed by atoms with E-state index in [-0.39, 0.29) is 42.8 Å². The van der Waals surface area contributed by atoms with Crippen LogP contribution in [0.15, 0.2) is 24.3 Å². The Labute approximate surface area is 286 Å². The van der Waals surface area contributed by atoms with Gasteiger partial charge in [-0.2, -0.15) is 25.3 Å². The largest absolute Gasteiger partial charge is 2.00 e. The van der Waals surface area contributed by atoms with Crippen molar-refractivity contribution in [2.75, 3.05) is 0 Å². The van der Waals surface area contributed by atoms with Crippen molar-refractivity contribution < 1.29 is 39.3 Å². The van der Waals surface area contributed by atoms with Gasteiger partial charge >= 0.3 is 31.4 Å². The molecule has 0 radical (unpaired) electrons. The molecule has 0 aliphatic carbocycles. The van der Waals surface area contributed by atoms with Crippen LogP contribution in [0, 0.1) is 13.8 Å². The number of rotatable bonds is 8. The van der Waals surface area contributed by atoms with Crippen LogP contribution < -0.4 is 9.97 Å². The SMILES string of the molecule is CC1=C([C@H](C)S)c2cc3nc(cc4[n-]c(cc5[n-]c(cc1n2)c(C)c5CCC(=O)O)c(CCC(=O)O)c4C)C([C@H](C)S)=C3C.[Zn+2]. The normalized spacial score (nSPS) is 14.4. The Kier molecular flexibility index (Phi) is 10.6. The monoisotopic (exact) mass is 692 g/mol. The van der Waals surface area contributed by atoms with Gasteiger partial charge in [0.05, 0.1) is 22.8 Å². The molecule has 2 atom stereocenters. The second-order valence-corrected chi connectivity index (χ2v) is 13.1. The van der Waals surface area contributed by atoms with Gasteiger partial charge in [-0.3, -0.25) is 9.59 Å². The molecule has 230 valence electrons. The second kappa shape index (κ2) is 13.7. The zero-order valence-corrected chi connectivity index (χ0v) is 31.1. The van der Waals surface area contributed by atoms with Crippen molar-refractivity contribution in [3.05, 3.63) is 69.3 Å². The molecule has 0 amide bonds. The molecule has 8 bridgehead atoms. The Morgan fingerprint density at radius 3 is 1.44 bits per heavy atom. The van der Waals surface area contributed by atoms with E-state index >= 15 is 0 Å². The Hall–Kier alpha value is -3.14. The number of carboxylic acid groups (broad SMARTS) is 2. The van der Waals surface area contributed by atoms with Crippen LogP contribution in [0.2, 0.25) is 0 Å². The minimum atomic E-state index is -0.895. The van der Waals surface area contributed by atoms with E-state index in [1.165, 1.54) is 0 Å². The molecule has 0 unspecified atom stereocenters. The third kappa shape index (κ3) is 6.86. The molecule has 3 aromatic rings. The molecular weight excluding hydrogens is 658 g/mol. The fourth-order valence-corrected chi connectivity index (χ4v) is 6.80. The zero-order valence-electron chi connectivity index (χ0n) is 26.4. The van der Waals surface area contributed by atoms with E-state index in [9.17, 15) is 19.8 Å². The number of carbonyl (C=O) groups is 2. The average Bonchev–Trinajstić information content (AvgIpc) is 3.59. The first-order valence-corrected chi connectivity index (χ1v) is 15.6. The summed E-state index contributed by atoms with van der Waals surface area (Å²) >= 11 is 9.58. The van der Waals surface area contributed by atoms with Crippen LogP contribution >= 0.6 is 25.3 Å². The van der Waals surface area contributed by atoms with Crippen LogP contribution in [-0.2, 0) is 41.9 Å². The number of aryl methyl sites for hydroxylation is 4. The summed E-state index contributed by atoms with van der Waals surface area (Å²) in [5, 5.41) is 18.8. The van der Waals surface area contributed by atoms with Gasteiger partial charge in [-0.05, 0) is 82.7 Å². The molecule has 0 saturated carbocycles. The number of carboxylic acids is 2. The van der Waals surface area contributed by atoms with Gasteiger partial charge in [-0.15, -0.1) is 22.1 Å². The van der Waals surface area contributed by atoms with E-state index in [4.69, 9.17) is 45.2 Å². The number of thiol groups is 2. The van der Waals surface area contributed by atoms with Crippen molar-refractivity contribution in [2.24, 2.45) is 0 Å². The average molecular weight is 694 g/mol. The predicted molar refractivity (Wildman–Crippen MR) is 182 cm³/mol. The van der Waals surface area contributed by atoms with Gasteiger partial charge in [0, 0.05) is 23.3 Å². The van der Waals surface area contributed by atoms with Crippen molar-refractivity contribution in [3.8, 4) is 0 Å². The molecule has 45 heavy (non-hydrogen) atoms. The molecule has 2 N–H and O–H groups in total. The number of hydrogen-bond acceptors (Lipinski definition) is 6. The van der Waals surface area contributed by atoms with Gasteiger partial charge in [0.2, 0.25) is 0 Å². The number of fused-ring (bicyclic) bond motifs is 8. The van der Waals surface area contributed by atoms with E-state index < -0.39 is 11.9 Å². The number of nitrogens with zero attached hydrogens (tertiary/aromatic N) is 4. The summed E-state index contributed by atoms with van der Waals surface area (Å²) < 4.78 is 0. The fourth-order valence-electron chi connectivity index (χ4n) is 6.15. The number of hydrogen-bond donors (Lipinski definition) is 4. The summed E-state index contributed by atoms with van der Waals surface area (Å²) in [7, 11) is 0. The molecule has 0 spiro atoms. The quantitative estimate of drug-likeness (QED) is 0.151. The van der Waals surface area contributed by atoms with Crippen molar-refractivity contribution in [2.45, 2.75) is 77.7 Å². The van der Waals surface area contributed by atoms with E-state index in [1.807, 2.05) is 65.8 Å². The third-order valence-electron chi connectivity index (χ3n) is 8.49. The zero-order chi connectivity index (χ0) is 32.0. The Morgan fingerprint density at radius 2 is 1.04 bits per heavy atom. The Morgan fingerprint density at radius 1 is 0.667 bits per heavy atom. The van der Waals surface area contributed by atoms with Crippen molar-refractivity contribution >= 4 is 81.6 Å². The van der Waals surface area contributed by atoms with Gasteiger partial charge in [-0.25, -0.2) is 9.97 Å². The standard InChI is InChI=1S/C34H38N4O4S2.Zn/c1-15-21(7-9-31(39)40)27-14-28-22(8-10-32(41)42)16(2)24(36-28)12-29-34(20(6)44)18(4)26(38-29)13-30-33(19(5)43)17(3)25(37-30)11-23(15)35-27;/h11-14,19-20H,7-10H2,1-6H3,(H6,35,36,37,38,39,40,41,42,43,44);/q;+2/p-2/t19-,20-;/m0./s1. The Balaban J connectivity index is 0.00000461. The third-order valence-corrected chi connectivity index (χ3v) is 9.01. The van der Waals surface area contributed by atoms with E-state index in [2.05, 4.69) is 0 Å². The van der Waals surface area contributed by atoms with E-state index in [0.717, 1.165) is 67.3 Å². The molecule has 5 rings (SSSR count). The van der Waals surface area contributed by atoms with E-state index in [0.29, 0.717) is 34.9 Å². The topological polar surface area (TPSA) is 129 Å². The van der Waals surface area contributed by atoms with Crippen LogP contribution in [0.3, 0.4) is 0 Å². The molecule has 5 heterocycles. The van der Waals surface area contributed by atoms with Gasteiger partial charge < -0.3 is 20.2 Å². The second-order valence-electron chi connectivity index (χ2n) is 11.5. The van der Waals surface area contributed by atoms with Crippen molar-refractivity contribution in [1.82, 2.24) is 19.9 Å². The van der Waals surface area contributed by atoms with Crippen molar-refractivity contribution in [1.29, 1.82) is 0 Å². The number of aromatic nitrogens is 4. The van der Waals surface area contributed by atoms with Crippen LogP contribution in [0.1, 0.15) is 85.6 Å². The molecule has 11 heteroatoms. The summed E-state index contributed by atoms with van der Waals surface area (Å²) in [6.07, 6.45) is 0.495. The summed E-state index contributed by atoms with van der Waals surface area (Å²) in [4.78, 5) is 43.1. The maximum atomic E-state index is 11.6. The van der Waals surface area contributed by atoms with Gasteiger partial charge in [-0.1, -0.05) is 40.5 Å². The molecule has 3 aromatic heterocycles. The van der Waals surface area contributed by atoms with E-state index in [1.54, 1.807) is 0 Å². The first kappa shape index (κ1) is 34.7. The van der Waals surface area contributed by atoms with Crippen molar-refractivity contribution in [3.63, 3.8) is 0 Å². The van der Waals surface area contributed by atoms with Gasteiger partial charge in [0.1, 0.15) is 0 Å². The number of aliphatic carboxylic acids is 2. The van der Waals surface area contributed by atoms with Crippen LogP contribution in [0.5, 0.6) is 0 Å². The minimum Gasteiger partial charge on any atom is -0.657 e. The molecular formula is C34H36N4O4S2Zn. The van der Waals surface area contributed by atoms with Crippen LogP contribution in [0.25, 0.3) is 44.4 Å². The maximum absolute atomic E-state index is 11.6. The van der Waals surface area contributed by atoms with Crippen LogP contribution in [0.4, 0.5) is 0 Å². The molecule has 0 saturated heterocycles. The number of allylic oxidation sites excluding steroid dienone is 2. The van der Waals surface area contributed by atoms with Gasteiger partial charge in [0.15, 0.2) is 0 Å². The maximum Gasteiger partial charge on any atom is 2.00 e. The Bertz CT molecular complexity index is 1940. The predicted octanol–water partition coefficient (Wildman–Crippen LogP) is 6.72. The molecule has 0 fully saturated rings. The first-order valence-electron chi connectivity index (χ1n) is 14.6. The molecule has 8 nitrogen and oxygen atoms in total. The van der Waals surface area contributed by atoms with Crippen LogP contribution in [-0.4, -0.2) is 42.6 Å². The summed E-state index contributed by atoms with van der Waals surface area (Å²) in [5.74, 6) is -1.79. The fraction of sp³-hybridized carbons (Fsp3) is 0.353. The molecule has 2 aliphatic rings. The smallest absolute Gasteiger partial charge is 0.657 e. The summed E-state index contributed by atoms with van der Waals surface area (Å²) in [5.41, 5.74) is 13.1. The molecule has 2 aliphatic heterocycles.